The highest BCUT2D eigenvalue weighted by Crippen LogP contribution is 2.43. The molecule has 0 unspecified atom stereocenters. The van der Waals surface area contributed by atoms with Crippen LogP contribution in [0.25, 0.3) is 0 Å². The van der Waals surface area contributed by atoms with Gasteiger partial charge in [0.2, 0.25) is 0 Å². The number of hydrogen-bond donors (Lipinski definition) is 0. The van der Waals surface area contributed by atoms with Gasteiger partial charge in [-0.2, -0.15) is 5.26 Å². The normalized spacial score (nSPS) is 32.8. The summed E-state index contributed by atoms with van der Waals surface area (Å²) in [7, 11) is 0. The highest BCUT2D eigenvalue weighted by molar-refractivity contribution is 5.72. The number of rotatable bonds is 8. The summed E-state index contributed by atoms with van der Waals surface area (Å²) >= 11 is 0. The Balaban J connectivity index is 1.73. The molecule has 0 atom stereocenters. The molecule has 0 bridgehead atoms. The predicted molar refractivity (Wildman–Crippen MR) is 101 cm³/mol. The molecule has 2 aliphatic carbocycles. The van der Waals surface area contributed by atoms with Crippen molar-refractivity contribution in [3.8, 4) is 6.07 Å². The fraction of sp³-hybridized carbons (Fsp3) is 0.909. The quantitative estimate of drug-likeness (QED) is 0.390. The molecule has 3 heteroatoms. The number of nitrogens with zero attached hydrogens (tertiary/aromatic N) is 1. The lowest BCUT2D eigenvalue weighted by Gasteiger charge is -2.35. The van der Waals surface area contributed by atoms with Gasteiger partial charge in [0, 0.05) is 0 Å². The zero-order valence-corrected chi connectivity index (χ0v) is 16.4. The Morgan fingerprint density at radius 1 is 1.04 bits per heavy atom. The van der Waals surface area contributed by atoms with Crippen LogP contribution in [0, 0.1) is 28.6 Å². The number of unbranched alkanes of at least 4 members (excludes halogenated alkanes) is 2. The minimum atomic E-state index is -0.176. The van der Waals surface area contributed by atoms with Crippen LogP contribution in [0.5, 0.6) is 0 Å². The van der Waals surface area contributed by atoms with Crippen molar-refractivity contribution in [1.29, 1.82) is 5.26 Å². The first-order valence-electron chi connectivity index (χ1n) is 10.7. The lowest BCUT2D eigenvalue weighted by Crippen LogP contribution is -2.33. The van der Waals surface area contributed by atoms with Gasteiger partial charge in [0.25, 0.3) is 0 Å². The van der Waals surface area contributed by atoms with Crippen molar-refractivity contribution in [3.05, 3.63) is 0 Å². The molecule has 0 N–H and O–H groups in total. The number of esters is 1. The maximum Gasteiger partial charge on any atom is 0.309 e. The molecule has 0 aromatic carbocycles. The molecular weight excluding hydrogens is 310 g/mol. The second kappa shape index (κ2) is 10.2. The average molecular weight is 348 g/mol. The van der Waals surface area contributed by atoms with Crippen LogP contribution in [0.15, 0.2) is 0 Å². The van der Waals surface area contributed by atoms with E-state index in [1.54, 1.807) is 0 Å². The molecule has 0 radical (unpaired) electrons. The molecule has 2 aliphatic rings. The molecule has 2 fully saturated rings. The summed E-state index contributed by atoms with van der Waals surface area (Å²) in [5.74, 6) is 0.883. The molecule has 0 aliphatic heterocycles. The standard InChI is InChI=1S/C22H37NO2/c1-3-5-6-14-22(17-23)15-12-19(13-16-22)21(24)25-20-10-8-18(7-4-2)9-11-20/h18-20H,3-16H2,1-2H3/t18?,19-,20?,22-. The Kier molecular flexibility index (Phi) is 8.27. The highest BCUT2D eigenvalue weighted by atomic mass is 16.5. The van der Waals surface area contributed by atoms with Gasteiger partial charge in [-0.25, -0.2) is 0 Å². The van der Waals surface area contributed by atoms with E-state index >= 15 is 0 Å². The maximum absolute atomic E-state index is 12.5. The Morgan fingerprint density at radius 3 is 2.28 bits per heavy atom. The molecule has 0 saturated heterocycles. The SMILES string of the molecule is CCCCC[C@]1(C#N)CC[C@H](C(=O)OC2CCC(CCC)CC2)CC1. The van der Waals surface area contributed by atoms with Gasteiger partial charge in [0.1, 0.15) is 6.10 Å². The van der Waals surface area contributed by atoms with Crippen LogP contribution in [0.1, 0.15) is 104 Å². The summed E-state index contributed by atoms with van der Waals surface area (Å²) in [6.45, 7) is 4.44. The van der Waals surface area contributed by atoms with E-state index in [9.17, 15) is 10.1 Å². The van der Waals surface area contributed by atoms with Gasteiger partial charge in [0.15, 0.2) is 0 Å². The molecule has 2 rings (SSSR count). The molecule has 2 saturated carbocycles. The van der Waals surface area contributed by atoms with E-state index in [4.69, 9.17) is 4.74 Å². The van der Waals surface area contributed by atoms with E-state index in [0.29, 0.717) is 0 Å². The van der Waals surface area contributed by atoms with Crippen LogP contribution in [-0.2, 0) is 9.53 Å². The van der Waals surface area contributed by atoms with Gasteiger partial charge in [-0.15, -0.1) is 0 Å². The summed E-state index contributed by atoms with van der Waals surface area (Å²) in [4.78, 5) is 12.5. The molecule has 25 heavy (non-hydrogen) atoms. The first kappa shape index (κ1) is 20.3. The van der Waals surface area contributed by atoms with Crippen molar-refractivity contribution in [3.63, 3.8) is 0 Å². The molecule has 3 nitrogen and oxygen atoms in total. The van der Waals surface area contributed by atoms with Crippen molar-refractivity contribution < 1.29 is 9.53 Å². The van der Waals surface area contributed by atoms with Crippen LogP contribution in [-0.4, -0.2) is 12.1 Å². The lowest BCUT2D eigenvalue weighted by molar-refractivity contribution is -0.157. The number of carbonyl (C=O) groups is 1. The average Bonchev–Trinajstić information content (AvgIpc) is 2.64. The Morgan fingerprint density at radius 2 is 1.72 bits per heavy atom. The molecule has 142 valence electrons. The Bertz CT molecular complexity index is 437. The first-order valence-corrected chi connectivity index (χ1v) is 10.7. The largest absolute Gasteiger partial charge is 0.462 e. The summed E-state index contributed by atoms with van der Waals surface area (Å²) in [5, 5.41) is 9.63. The van der Waals surface area contributed by atoms with Gasteiger partial charge < -0.3 is 4.74 Å². The third-order valence-electron chi connectivity index (χ3n) is 6.55. The highest BCUT2D eigenvalue weighted by Gasteiger charge is 2.38. The van der Waals surface area contributed by atoms with Gasteiger partial charge in [-0.05, 0) is 63.7 Å². The van der Waals surface area contributed by atoms with Crippen molar-refractivity contribution in [2.45, 2.75) is 110 Å². The van der Waals surface area contributed by atoms with E-state index in [-0.39, 0.29) is 23.4 Å². The first-order chi connectivity index (χ1) is 12.1. The Labute approximate surface area is 154 Å². The zero-order valence-electron chi connectivity index (χ0n) is 16.4. The van der Waals surface area contributed by atoms with Gasteiger partial charge >= 0.3 is 5.97 Å². The molecule has 0 spiro atoms. The monoisotopic (exact) mass is 347 g/mol. The smallest absolute Gasteiger partial charge is 0.309 e. The van der Waals surface area contributed by atoms with Crippen molar-refractivity contribution in [2.75, 3.05) is 0 Å². The lowest BCUT2D eigenvalue weighted by atomic mass is 9.69. The third kappa shape index (κ3) is 6.01. The minimum Gasteiger partial charge on any atom is -0.462 e. The molecule has 0 heterocycles. The van der Waals surface area contributed by atoms with Crippen LogP contribution in [0.3, 0.4) is 0 Å². The molecule has 0 aromatic heterocycles. The second-order valence-electron chi connectivity index (χ2n) is 8.49. The van der Waals surface area contributed by atoms with E-state index in [0.717, 1.165) is 57.3 Å². The second-order valence-corrected chi connectivity index (χ2v) is 8.49. The van der Waals surface area contributed by atoms with Crippen molar-refractivity contribution in [2.24, 2.45) is 17.3 Å². The van der Waals surface area contributed by atoms with Gasteiger partial charge in [-0.3, -0.25) is 4.79 Å². The van der Waals surface area contributed by atoms with E-state index in [2.05, 4.69) is 19.9 Å². The van der Waals surface area contributed by atoms with Crippen LogP contribution >= 0.6 is 0 Å². The van der Waals surface area contributed by atoms with E-state index in [1.165, 1.54) is 38.5 Å². The van der Waals surface area contributed by atoms with Gasteiger partial charge in [-0.1, -0.05) is 46.0 Å². The fourth-order valence-electron chi connectivity index (χ4n) is 4.74. The number of hydrogen-bond acceptors (Lipinski definition) is 3. The number of nitriles is 1. The van der Waals surface area contributed by atoms with Gasteiger partial charge in [0.05, 0.1) is 17.4 Å². The fourth-order valence-corrected chi connectivity index (χ4v) is 4.74. The topological polar surface area (TPSA) is 50.1 Å². The summed E-state index contributed by atoms with van der Waals surface area (Å²) in [5.41, 5.74) is -0.176. The van der Waals surface area contributed by atoms with Crippen LogP contribution in [0.4, 0.5) is 0 Å². The summed E-state index contributed by atoms with van der Waals surface area (Å²) in [6.07, 6.45) is 15.2. The minimum absolute atomic E-state index is 0.0130. The van der Waals surface area contributed by atoms with Crippen molar-refractivity contribution in [1.82, 2.24) is 0 Å². The van der Waals surface area contributed by atoms with E-state index in [1.807, 2.05) is 0 Å². The van der Waals surface area contributed by atoms with E-state index < -0.39 is 0 Å². The third-order valence-corrected chi connectivity index (χ3v) is 6.55. The van der Waals surface area contributed by atoms with Crippen molar-refractivity contribution >= 4 is 5.97 Å². The zero-order chi connectivity index (χ0) is 18.1. The predicted octanol–water partition coefficient (Wildman–Crippen LogP) is 6.17. The Hall–Kier alpha value is -1.04. The van der Waals surface area contributed by atoms with Crippen LogP contribution in [0.2, 0.25) is 0 Å². The molecule has 0 amide bonds. The van der Waals surface area contributed by atoms with Crippen LogP contribution < -0.4 is 0 Å². The number of carbonyl (C=O) groups excluding carboxylic acids is 1. The summed E-state index contributed by atoms with van der Waals surface area (Å²) in [6, 6.07) is 2.58. The maximum atomic E-state index is 12.5. The molecule has 0 aromatic rings. The molecular formula is C22H37NO2. The summed E-state index contributed by atoms with van der Waals surface area (Å²) < 4.78 is 5.84. The number of ether oxygens (including phenoxy) is 1.